The van der Waals surface area contributed by atoms with Gasteiger partial charge in [-0.3, -0.25) is 4.79 Å². The summed E-state index contributed by atoms with van der Waals surface area (Å²) in [4.78, 5) is 16.0. The molecule has 0 saturated carbocycles. The van der Waals surface area contributed by atoms with Crippen molar-refractivity contribution in [3.8, 4) is 11.1 Å². The molecule has 2 heterocycles. The number of aromatic nitrogens is 2. The van der Waals surface area contributed by atoms with Gasteiger partial charge >= 0.3 is 6.18 Å². The minimum Gasteiger partial charge on any atom is -0.308 e. The van der Waals surface area contributed by atoms with Gasteiger partial charge in [0, 0.05) is 11.3 Å². The SMILES string of the molecule is CN1CCC(C(=O)Nc2nn(C(c3ccccc3)(c3ccccc3)c3ccccc3)c3ccc(-c4ccccc4C(F)(F)F)cc23)CC1. The van der Waals surface area contributed by atoms with Crippen LogP contribution < -0.4 is 5.32 Å². The van der Waals surface area contributed by atoms with Crippen molar-refractivity contribution in [3.05, 3.63) is 156 Å². The van der Waals surface area contributed by atoms with E-state index in [0.29, 0.717) is 35.1 Å². The van der Waals surface area contributed by atoms with Crippen LogP contribution in [-0.4, -0.2) is 40.7 Å². The Morgan fingerprint density at radius 2 is 1.25 bits per heavy atom. The molecule has 6 aromatic rings. The highest BCUT2D eigenvalue weighted by Crippen LogP contribution is 2.45. The fourth-order valence-electron chi connectivity index (χ4n) is 7.01. The van der Waals surface area contributed by atoms with Crippen LogP contribution in [0.5, 0.6) is 0 Å². The number of carbonyl (C=O) groups excluding carboxylic acids is 1. The lowest BCUT2D eigenvalue weighted by Gasteiger charge is -2.37. The van der Waals surface area contributed by atoms with E-state index in [0.717, 1.165) is 35.8 Å². The maximum Gasteiger partial charge on any atom is 0.417 e. The number of nitrogens with zero attached hydrogens (tertiary/aromatic N) is 3. The summed E-state index contributed by atoms with van der Waals surface area (Å²) in [5.74, 6) is -0.0226. The van der Waals surface area contributed by atoms with Crippen molar-refractivity contribution >= 4 is 22.6 Å². The molecule has 1 amide bonds. The number of hydrogen-bond donors (Lipinski definition) is 1. The summed E-state index contributed by atoms with van der Waals surface area (Å²) >= 11 is 0. The summed E-state index contributed by atoms with van der Waals surface area (Å²) in [7, 11) is 2.04. The molecular weight excluding hydrogens is 609 g/mol. The zero-order valence-corrected chi connectivity index (χ0v) is 26.5. The van der Waals surface area contributed by atoms with Crippen molar-refractivity contribution in [3.63, 3.8) is 0 Å². The van der Waals surface area contributed by atoms with Crippen LogP contribution in [0.25, 0.3) is 22.0 Å². The maximum atomic E-state index is 14.2. The second kappa shape index (κ2) is 12.8. The van der Waals surface area contributed by atoms with Crippen LogP contribution in [0.2, 0.25) is 0 Å². The summed E-state index contributed by atoms with van der Waals surface area (Å²) in [6, 6.07) is 40.9. The highest BCUT2D eigenvalue weighted by atomic mass is 19.4. The van der Waals surface area contributed by atoms with Crippen molar-refractivity contribution in [1.82, 2.24) is 14.7 Å². The molecule has 48 heavy (non-hydrogen) atoms. The molecule has 1 aromatic heterocycles. The van der Waals surface area contributed by atoms with E-state index in [9.17, 15) is 18.0 Å². The number of piperidine rings is 1. The number of likely N-dealkylation sites (tertiary alicyclic amines) is 1. The van der Waals surface area contributed by atoms with Gasteiger partial charge in [0.1, 0.15) is 5.54 Å². The standard InChI is InChI=1S/C40H35F3N4O/c1-46-25-23-28(24-26-46)38(48)44-37-34-27-29(33-19-11-12-20-35(33)40(41,42)43)21-22-36(34)47(45-37)39(30-13-5-2-6-14-30,31-15-7-3-8-16-31)32-17-9-4-10-18-32/h2-22,27-28H,23-26H2,1H3,(H,44,45,48). The fraction of sp³-hybridized carbons (Fsp3) is 0.200. The van der Waals surface area contributed by atoms with Gasteiger partial charge in [-0.1, -0.05) is 115 Å². The maximum absolute atomic E-state index is 14.2. The van der Waals surface area contributed by atoms with Crippen LogP contribution >= 0.6 is 0 Å². The molecule has 1 N–H and O–H groups in total. The van der Waals surface area contributed by atoms with Gasteiger partial charge in [0.15, 0.2) is 5.82 Å². The van der Waals surface area contributed by atoms with Gasteiger partial charge in [-0.2, -0.15) is 18.3 Å². The third-order valence-electron chi connectivity index (χ3n) is 9.45. The number of alkyl halides is 3. The highest BCUT2D eigenvalue weighted by Gasteiger charge is 2.41. The van der Waals surface area contributed by atoms with Crippen LogP contribution in [0.3, 0.4) is 0 Å². The number of nitrogens with one attached hydrogen (secondary N) is 1. The zero-order valence-electron chi connectivity index (χ0n) is 26.5. The van der Waals surface area contributed by atoms with Crippen LogP contribution in [-0.2, 0) is 16.5 Å². The Morgan fingerprint density at radius 3 is 1.79 bits per heavy atom. The average molecular weight is 645 g/mol. The van der Waals surface area contributed by atoms with E-state index in [1.807, 2.05) is 72.4 Å². The lowest BCUT2D eigenvalue weighted by molar-refractivity contribution is -0.137. The minimum absolute atomic E-state index is 0.0627. The van der Waals surface area contributed by atoms with Gasteiger partial charge in [-0.25, -0.2) is 4.68 Å². The molecule has 1 aliphatic heterocycles. The largest absolute Gasteiger partial charge is 0.417 e. The van der Waals surface area contributed by atoms with Crippen LogP contribution in [0.4, 0.5) is 19.0 Å². The Balaban J connectivity index is 1.51. The quantitative estimate of drug-likeness (QED) is 0.177. The summed E-state index contributed by atoms with van der Waals surface area (Å²) < 4.78 is 44.5. The normalized spacial score (nSPS) is 14.7. The first-order valence-corrected chi connectivity index (χ1v) is 16.1. The van der Waals surface area contributed by atoms with Crippen molar-refractivity contribution in [2.45, 2.75) is 24.6 Å². The zero-order chi connectivity index (χ0) is 33.3. The Hall–Kier alpha value is -5.21. The molecule has 0 aliphatic carbocycles. The predicted octanol–water partition coefficient (Wildman–Crippen LogP) is 8.84. The first kappa shape index (κ1) is 31.4. The number of carbonyl (C=O) groups is 1. The molecule has 1 fully saturated rings. The first-order valence-electron chi connectivity index (χ1n) is 16.1. The lowest BCUT2D eigenvalue weighted by atomic mass is 9.77. The summed E-state index contributed by atoms with van der Waals surface area (Å²) in [6.45, 7) is 1.62. The van der Waals surface area contributed by atoms with Crippen molar-refractivity contribution in [2.75, 3.05) is 25.5 Å². The van der Waals surface area contributed by atoms with Gasteiger partial charge in [-0.15, -0.1) is 0 Å². The Morgan fingerprint density at radius 1 is 0.729 bits per heavy atom. The molecular formula is C40H35F3N4O. The van der Waals surface area contributed by atoms with E-state index in [1.54, 1.807) is 18.2 Å². The van der Waals surface area contributed by atoms with Crippen LogP contribution in [0.1, 0.15) is 35.1 Å². The molecule has 1 aliphatic rings. The molecule has 5 aromatic carbocycles. The van der Waals surface area contributed by atoms with Gasteiger partial charge in [-0.05, 0) is 79.0 Å². The monoisotopic (exact) mass is 644 g/mol. The van der Waals surface area contributed by atoms with E-state index >= 15 is 0 Å². The second-order valence-corrected chi connectivity index (χ2v) is 12.4. The minimum atomic E-state index is -4.54. The molecule has 5 nitrogen and oxygen atoms in total. The molecule has 0 spiro atoms. The number of fused-ring (bicyclic) bond motifs is 1. The van der Waals surface area contributed by atoms with E-state index in [4.69, 9.17) is 5.10 Å². The average Bonchev–Trinajstić information content (AvgIpc) is 3.47. The van der Waals surface area contributed by atoms with Crippen molar-refractivity contribution in [2.24, 2.45) is 5.92 Å². The molecule has 7 rings (SSSR count). The van der Waals surface area contributed by atoms with E-state index in [-0.39, 0.29) is 17.4 Å². The number of benzene rings is 5. The van der Waals surface area contributed by atoms with E-state index < -0.39 is 17.3 Å². The predicted molar refractivity (Wildman–Crippen MR) is 184 cm³/mol. The third-order valence-corrected chi connectivity index (χ3v) is 9.45. The Bertz CT molecular complexity index is 1940. The van der Waals surface area contributed by atoms with Crippen molar-refractivity contribution in [1.29, 1.82) is 0 Å². The number of amides is 1. The van der Waals surface area contributed by atoms with Gasteiger partial charge in [0.05, 0.1) is 11.1 Å². The number of anilines is 1. The number of hydrogen-bond acceptors (Lipinski definition) is 3. The Labute approximate surface area is 277 Å². The van der Waals surface area contributed by atoms with Gasteiger partial charge < -0.3 is 10.2 Å². The van der Waals surface area contributed by atoms with Crippen LogP contribution in [0.15, 0.2) is 133 Å². The fourth-order valence-corrected chi connectivity index (χ4v) is 7.01. The molecule has 0 unspecified atom stereocenters. The molecule has 242 valence electrons. The first-order chi connectivity index (χ1) is 23.3. The van der Waals surface area contributed by atoms with Crippen LogP contribution in [0, 0.1) is 5.92 Å². The highest BCUT2D eigenvalue weighted by molar-refractivity contribution is 6.02. The smallest absolute Gasteiger partial charge is 0.308 e. The lowest BCUT2D eigenvalue weighted by Crippen LogP contribution is -2.39. The molecule has 1 saturated heterocycles. The van der Waals surface area contributed by atoms with Crippen molar-refractivity contribution < 1.29 is 18.0 Å². The summed E-state index contributed by atoms with van der Waals surface area (Å²) in [6.07, 6.45) is -3.11. The third kappa shape index (κ3) is 5.66. The molecule has 8 heteroatoms. The molecule has 0 radical (unpaired) electrons. The Kier molecular flexibility index (Phi) is 8.35. The number of rotatable bonds is 7. The summed E-state index contributed by atoms with van der Waals surface area (Å²) in [5.41, 5.74) is 2.20. The van der Waals surface area contributed by atoms with Gasteiger partial charge in [0.2, 0.25) is 5.91 Å². The second-order valence-electron chi connectivity index (χ2n) is 12.4. The van der Waals surface area contributed by atoms with E-state index in [2.05, 4.69) is 46.6 Å². The molecule has 0 bridgehead atoms. The van der Waals surface area contributed by atoms with E-state index in [1.165, 1.54) is 12.1 Å². The summed E-state index contributed by atoms with van der Waals surface area (Å²) in [5, 5.41) is 8.88. The van der Waals surface area contributed by atoms with Gasteiger partial charge in [0.25, 0.3) is 0 Å². The topological polar surface area (TPSA) is 50.2 Å². The molecule has 0 atom stereocenters. The number of halogens is 3.